The van der Waals surface area contributed by atoms with E-state index in [9.17, 15) is 5.26 Å². The number of aromatic nitrogens is 2. The molecule has 1 atom stereocenters. The van der Waals surface area contributed by atoms with Gasteiger partial charge < -0.3 is 14.5 Å². The number of nitriles is 1. The summed E-state index contributed by atoms with van der Waals surface area (Å²) in [7, 11) is 0. The summed E-state index contributed by atoms with van der Waals surface area (Å²) in [5.74, 6) is 1.83. The molecule has 2 fully saturated rings. The largest absolute Gasteiger partial charge is 0.485 e. The van der Waals surface area contributed by atoms with E-state index in [4.69, 9.17) is 4.74 Å². The van der Waals surface area contributed by atoms with Crippen molar-refractivity contribution in [1.29, 1.82) is 5.26 Å². The van der Waals surface area contributed by atoms with Crippen LogP contribution in [-0.2, 0) is 0 Å². The highest BCUT2D eigenvalue weighted by Gasteiger charge is 2.28. The first kappa shape index (κ1) is 16.6. The number of hydrogen-bond donors (Lipinski definition) is 0. The molecule has 0 saturated carbocycles. The van der Waals surface area contributed by atoms with E-state index in [-0.39, 0.29) is 6.10 Å². The van der Waals surface area contributed by atoms with E-state index >= 15 is 0 Å². The molecule has 0 aromatic carbocycles. The minimum atomic E-state index is 0.0977. The van der Waals surface area contributed by atoms with Crippen molar-refractivity contribution < 1.29 is 4.74 Å². The second-order valence-electron chi connectivity index (χ2n) is 6.95. The Labute approximate surface area is 154 Å². The van der Waals surface area contributed by atoms with Crippen LogP contribution in [-0.4, -0.2) is 42.3 Å². The highest BCUT2D eigenvalue weighted by molar-refractivity contribution is 5.60. The number of pyridine rings is 2. The number of hydrogen-bond acceptors (Lipinski definition) is 6. The fourth-order valence-corrected chi connectivity index (χ4v) is 3.76. The zero-order valence-corrected chi connectivity index (χ0v) is 15.1. The van der Waals surface area contributed by atoms with Gasteiger partial charge in [-0.25, -0.2) is 4.98 Å². The van der Waals surface area contributed by atoms with Crippen LogP contribution in [0.15, 0.2) is 30.6 Å². The van der Waals surface area contributed by atoms with E-state index in [1.807, 2.05) is 31.3 Å². The zero-order valence-electron chi connectivity index (χ0n) is 15.1. The molecular weight excluding hydrogens is 326 g/mol. The van der Waals surface area contributed by atoms with Crippen molar-refractivity contribution in [1.82, 2.24) is 9.97 Å². The van der Waals surface area contributed by atoms with Crippen LogP contribution in [0.4, 0.5) is 11.5 Å². The summed E-state index contributed by atoms with van der Waals surface area (Å²) < 4.78 is 6.33. The molecule has 6 heteroatoms. The molecule has 2 saturated heterocycles. The van der Waals surface area contributed by atoms with E-state index < -0.39 is 0 Å². The van der Waals surface area contributed by atoms with Crippen molar-refractivity contribution in [2.75, 3.05) is 36.0 Å². The van der Waals surface area contributed by atoms with Gasteiger partial charge in [0.25, 0.3) is 0 Å². The Kier molecular flexibility index (Phi) is 4.61. The van der Waals surface area contributed by atoms with Gasteiger partial charge in [-0.3, -0.25) is 4.98 Å². The van der Waals surface area contributed by atoms with Crippen LogP contribution < -0.4 is 14.5 Å². The highest BCUT2D eigenvalue weighted by Crippen LogP contribution is 2.32. The smallest absolute Gasteiger partial charge is 0.171 e. The standard InChI is InChI=1S/C20H23N5O/c1-15-11-18(16(12-21)13-23-15)25-10-6-17(14-25)26-19-5-4-7-22-20(19)24-8-2-3-9-24/h4-5,7,11,13,17H,2-3,6,8-10,14H2,1H3/t17-/m0/s1. The maximum Gasteiger partial charge on any atom is 0.171 e. The average Bonchev–Trinajstić information content (AvgIpc) is 3.34. The van der Waals surface area contributed by atoms with Crippen LogP contribution >= 0.6 is 0 Å². The van der Waals surface area contributed by atoms with Gasteiger partial charge in [-0.15, -0.1) is 0 Å². The van der Waals surface area contributed by atoms with E-state index in [1.165, 1.54) is 12.8 Å². The quantitative estimate of drug-likeness (QED) is 0.846. The molecule has 0 spiro atoms. The van der Waals surface area contributed by atoms with Gasteiger partial charge in [0, 0.05) is 44.1 Å². The summed E-state index contributed by atoms with van der Waals surface area (Å²) in [6.07, 6.45) is 6.95. The van der Waals surface area contributed by atoms with Crippen LogP contribution in [0.1, 0.15) is 30.5 Å². The van der Waals surface area contributed by atoms with Crippen molar-refractivity contribution in [2.24, 2.45) is 0 Å². The van der Waals surface area contributed by atoms with Crippen molar-refractivity contribution in [2.45, 2.75) is 32.3 Å². The molecule has 0 unspecified atom stereocenters. The average molecular weight is 349 g/mol. The Bertz CT molecular complexity index is 825. The lowest BCUT2D eigenvalue weighted by Crippen LogP contribution is -2.26. The Morgan fingerprint density at radius 2 is 2.04 bits per heavy atom. The zero-order chi connectivity index (χ0) is 17.9. The first-order chi connectivity index (χ1) is 12.7. The summed E-state index contributed by atoms with van der Waals surface area (Å²) in [5, 5.41) is 9.37. The van der Waals surface area contributed by atoms with Crippen molar-refractivity contribution in [3.05, 3.63) is 41.9 Å². The second kappa shape index (κ2) is 7.20. The summed E-state index contributed by atoms with van der Waals surface area (Å²) in [5.41, 5.74) is 2.50. The lowest BCUT2D eigenvalue weighted by molar-refractivity contribution is 0.224. The maximum atomic E-state index is 9.37. The van der Waals surface area contributed by atoms with E-state index in [2.05, 4.69) is 25.8 Å². The Hall–Kier alpha value is -2.81. The molecule has 0 aliphatic carbocycles. The van der Waals surface area contributed by atoms with E-state index in [1.54, 1.807) is 6.20 Å². The fourth-order valence-electron chi connectivity index (χ4n) is 3.76. The molecule has 4 rings (SSSR count). The van der Waals surface area contributed by atoms with Crippen molar-refractivity contribution in [3.63, 3.8) is 0 Å². The molecule has 4 heterocycles. The molecule has 0 N–H and O–H groups in total. The molecule has 2 aliphatic heterocycles. The molecule has 2 aromatic heterocycles. The van der Waals surface area contributed by atoms with Gasteiger partial charge in [-0.05, 0) is 38.0 Å². The third-order valence-electron chi connectivity index (χ3n) is 5.08. The number of rotatable bonds is 4. The van der Waals surface area contributed by atoms with Crippen molar-refractivity contribution >= 4 is 11.5 Å². The van der Waals surface area contributed by atoms with Crippen LogP contribution in [0.3, 0.4) is 0 Å². The van der Waals surface area contributed by atoms with Gasteiger partial charge in [0.05, 0.1) is 17.8 Å². The second-order valence-corrected chi connectivity index (χ2v) is 6.95. The molecule has 0 amide bonds. The maximum absolute atomic E-state index is 9.37. The van der Waals surface area contributed by atoms with Gasteiger partial charge >= 0.3 is 0 Å². The van der Waals surface area contributed by atoms with Gasteiger partial charge in [-0.1, -0.05) is 0 Å². The number of ether oxygens (including phenoxy) is 1. The van der Waals surface area contributed by atoms with E-state index in [0.29, 0.717) is 5.56 Å². The Morgan fingerprint density at radius 3 is 2.85 bits per heavy atom. The molecule has 2 aromatic rings. The Morgan fingerprint density at radius 1 is 1.19 bits per heavy atom. The monoisotopic (exact) mass is 349 g/mol. The fraction of sp³-hybridized carbons (Fsp3) is 0.450. The minimum absolute atomic E-state index is 0.0977. The highest BCUT2D eigenvalue weighted by atomic mass is 16.5. The third kappa shape index (κ3) is 3.30. The molecule has 134 valence electrons. The molecule has 0 radical (unpaired) electrons. The van der Waals surface area contributed by atoms with Crippen LogP contribution in [0.25, 0.3) is 0 Å². The topological polar surface area (TPSA) is 65.3 Å². The van der Waals surface area contributed by atoms with Gasteiger partial charge in [0.1, 0.15) is 12.2 Å². The minimum Gasteiger partial charge on any atom is -0.485 e. The number of nitrogens with zero attached hydrogens (tertiary/aromatic N) is 5. The first-order valence-electron chi connectivity index (χ1n) is 9.23. The number of aryl methyl sites for hydroxylation is 1. The van der Waals surface area contributed by atoms with Gasteiger partial charge in [-0.2, -0.15) is 5.26 Å². The summed E-state index contributed by atoms with van der Waals surface area (Å²) in [6, 6.07) is 8.18. The summed E-state index contributed by atoms with van der Waals surface area (Å²) in [6.45, 7) is 5.69. The summed E-state index contributed by atoms with van der Waals surface area (Å²) in [4.78, 5) is 13.3. The molecule has 0 bridgehead atoms. The van der Waals surface area contributed by atoms with Gasteiger partial charge in [0.2, 0.25) is 0 Å². The summed E-state index contributed by atoms with van der Waals surface area (Å²) >= 11 is 0. The van der Waals surface area contributed by atoms with E-state index in [0.717, 1.165) is 55.5 Å². The predicted molar refractivity (Wildman–Crippen MR) is 101 cm³/mol. The Balaban J connectivity index is 1.49. The van der Waals surface area contributed by atoms with Gasteiger partial charge in [0.15, 0.2) is 11.6 Å². The molecule has 26 heavy (non-hydrogen) atoms. The molecular formula is C20H23N5O. The SMILES string of the molecule is Cc1cc(N2CC[C@H](Oc3cccnc3N3CCCC3)C2)c(C#N)cn1. The third-order valence-corrected chi connectivity index (χ3v) is 5.08. The van der Waals surface area contributed by atoms with Crippen molar-refractivity contribution in [3.8, 4) is 11.8 Å². The first-order valence-corrected chi connectivity index (χ1v) is 9.23. The lowest BCUT2D eigenvalue weighted by Gasteiger charge is -2.23. The lowest BCUT2D eigenvalue weighted by atomic mass is 10.2. The van der Waals surface area contributed by atoms with Crippen LogP contribution in [0, 0.1) is 18.3 Å². The predicted octanol–water partition coefficient (Wildman–Crippen LogP) is 2.91. The molecule has 2 aliphatic rings. The number of anilines is 2. The normalized spacial score (nSPS) is 19.6. The van der Waals surface area contributed by atoms with Crippen LogP contribution in [0.5, 0.6) is 5.75 Å². The van der Waals surface area contributed by atoms with Crippen LogP contribution in [0.2, 0.25) is 0 Å². The molecule has 6 nitrogen and oxygen atoms in total.